The number of hydrogen-bond acceptors (Lipinski definition) is 4. The van der Waals surface area contributed by atoms with Gasteiger partial charge >= 0.3 is 0 Å². The molecule has 0 bridgehead atoms. The van der Waals surface area contributed by atoms with E-state index in [1.807, 2.05) is 44.2 Å². The lowest BCUT2D eigenvalue weighted by Crippen LogP contribution is -2.54. The summed E-state index contributed by atoms with van der Waals surface area (Å²) in [4.78, 5) is 41.7. The largest absolute Gasteiger partial charge is 0.324 e. The van der Waals surface area contributed by atoms with Crippen LogP contribution in [0.25, 0.3) is 0 Å². The molecule has 2 N–H and O–H groups in total. The lowest BCUT2D eigenvalue weighted by atomic mass is 9.76. The molecule has 0 radical (unpaired) electrons. The molecule has 0 saturated carbocycles. The Bertz CT molecular complexity index is 1090. The second-order valence-electron chi connectivity index (χ2n) is 8.70. The highest BCUT2D eigenvalue weighted by atomic mass is 19.1. The summed E-state index contributed by atoms with van der Waals surface area (Å²) in [7, 11) is 0. The van der Waals surface area contributed by atoms with Gasteiger partial charge in [0.1, 0.15) is 11.4 Å². The maximum Gasteiger partial charge on any atom is 0.250 e. The summed E-state index contributed by atoms with van der Waals surface area (Å²) >= 11 is 0. The first kappa shape index (κ1) is 19.9. The number of rotatable bonds is 4. The molecule has 160 valence electrons. The second kappa shape index (κ2) is 6.99. The number of fused-ring (bicyclic) bond motifs is 4. The molecule has 1 spiro atoms. The van der Waals surface area contributed by atoms with Crippen molar-refractivity contribution in [3.63, 3.8) is 0 Å². The van der Waals surface area contributed by atoms with Crippen molar-refractivity contribution < 1.29 is 18.8 Å². The van der Waals surface area contributed by atoms with Crippen molar-refractivity contribution in [2.45, 2.75) is 44.3 Å². The molecular formula is C24H24FN3O3. The Morgan fingerprint density at radius 2 is 1.84 bits per heavy atom. The molecule has 3 aliphatic rings. The highest BCUT2D eigenvalue weighted by Crippen LogP contribution is 2.53. The lowest BCUT2D eigenvalue weighted by Gasteiger charge is -2.31. The van der Waals surface area contributed by atoms with Crippen LogP contribution in [0.2, 0.25) is 0 Å². The number of carbonyl (C=O) groups is 3. The number of halogens is 1. The molecule has 0 aromatic heterocycles. The molecule has 5 rings (SSSR count). The monoisotopic (exact) mass is 421 g/mol. The van der Waals surface area contributed by atoms with Crippen molar-refractivity contribution in [1.82, 2.24) is 10.2 Å². The van der Waals surface area contributed by atoms with E-state index in [1.54, 1.807) is 0 Å². The Morgan fingerprint density at radius 1 is 1.10 bits per heavy atom. The van der Waals surface area contributed by atoms with Crippen LogP contribution in [0.15, 0.2) is 48.5 Å². The van der Waals surface area contributed by atoms with Gasteiger partial charge < -0.3 is 5.32 Å². The number of nitrogens with one attached hydrogen (secondary N) is 2. The van der Waals surface area contributed by atoms with Gasteiger partial charge in [-0.3, -0.25) is 24.6 Å². The zero-order valence-corrected chi connectivity index (χ0v) is 17.4. The van der Waals surface area contributed by atoms with E-state index in [1.165, 1.54) is 23.1 Å². The number of anilines is 1. The van der Waals surface area contributed by atoms with Gasteiger partial charge in [-0.25, -0.2) is 4.39 Å². The number of imide groups is 1. The predicted octanol–water partition coefficient (Wildman–Crippen LogP) is 2.59. The molecule has 0 unspecified atom stereocenters. The standard InChI is InChI=1S/C24H24FN3O3/c1-3-13(2)28-21(29)19-18(11-14-7-5-4-6-8-14)27-24(20(19)22(28)30)16-12-15(25)9-10-17(16)26-23(24)31/h4-10,12-13,18-20,27H,3,11H2,1-2H3,(H,26,31)/t13-,18-,19-,20+,24-/m1/s1. The Hall–Kier alpha value is -3.06. The fraction of sp³-hybridized carbons (Fsp3) is 0.375. The molecule has 31 heavy (non-hydrogen) atoms. The number of amides is 3. The smallest absolute Gasteiger partial charge is 0.250 e. The van der Waals surface area contributed by atoms with Crippen LogP contribution in [0, 0.1) is 17.7 Å². The van der Waals surface area contributed by atoms with Gasteiger partial charge in [-0.15, -0.1) is 0 Å². The second-order valence-corrected chi connectivity index (χ2v) is 8.70. The van der Waals surface area contributed by atoms with E-state index < -0.39 is 35.1 Å². The molecule has 6 nitrogen and oxygen atoms in total. The molecule has 5 atom stereocenters. The summed E-state index contributed by atoms with van der Waals surface area (Å²) in [6, 6.07) is 13.0. The van der Waals surface area contributed by atoms with Crippen molar-refractivity contribution in [1.29, 1.82) is 0 Å². The van der Waals surface area contributed by atoms with Gasteiger partial charge in [-0.2, -0.15) is 0 Å². The quantitative estimate of drug-likeness (QED) is 0.744. The van der Waals surface area contributed by atoms with Gasteiger partial charge in [-0.1, -0.05) is 37.3 Å². The van der Waals surface area contributed by atoms with Gasteiger partial charge in [0.25, 0.3) is 0 Å². The molecule has 2 fully saturated rings. The first-order chi connectivity index (χ1) is 14.9. The Labute approximate surface area is 179 Å². The number of carbonyl (C=O) groups excluding carboxylic acids is 3. The Balaban J connectivity index is 1.66. The van der Waals surface area contributed by atoms with Gasteiger partial charge in [0.2, 0.25) is 17.7 Å². The van der Waals surface area contributed by atoms with E-state index in [0.717, 1.165) is 5.56 Å². The van der Waals surface area contributed by atoms with Crippen LogP contribution in [0.4, 0.5) is 10.1 Å². The third-order valence-corrected chi connectivity index (χ3v) is 7.04. The molecule has 2 aromatic rings. The van der Waals surface area contributed by atoms with E-state index in [2.05, 4.69) is 10.6 Å². The number of hydrogen-bond donors (Lipinski definition) is 2. The van der Waals surface area contributed by atoms with Gasteiger partial charge in [0, 0.05) is 23.3 Å². The first-order valence-corrected chi connectivity index (χ1v) is 10.7. The molecule has 3 heterocycles. The minimum Gasteiger partial charge on any atom is -0.324 e. The minimum atomic E-state index is -1.46. The lowest BCUT2D eigenvalue weighted by molar-refractivity contribution is -0.145. The number of benzene rings is 2. The predicted molar refractivity (Wildman–Crippen MR) is 112 cm³/mol. The summed E-state index contributed by atoms with van der Waals surface area (Å²) in [5.41, 5.74) is 0.405. The van der Waals surface area contributed by atoms with Crippen LogP contribution in [0.5, 0.6) is 0 Å². The van der Waals surface area contributed by atoms with Crippen LogP contribution in [0.1, 0.15) is 31.4 Å². The summed E-state index contributed by atoms with van der Waals surface area (Å²) in [5.74, 6) is -3.12. The van der Waals surface area contributed by atoms with E-state index in [4.69, 9.17) is 0 Å². The maximum absolute atomic E-state index is 14.2. The van der Waals surface area contributed by atoms with Crippen molar-refractivity contribution in [3.8, 4) is 0 Å². The molecule has 7 heteroatoms. The molecule has 2 aromatic carbocycles. The third kappa shape index (κ3) is 2.69. The fourth-order valence-corrected chi connectivity index (χ4v) is 5.46. The zero-order chi connectivity index (χ0) is 21.9. The Morgan fingerprint density at radius 3 is 2.55 bits per heavy atom. The summed E-state index contributed by atoms with van der Waals surface area (Å²) < 4.78 is 14.2. The van der Waals surface area contributed by atoms with E-state index in [9.17, 15) is 18.8 Å². The van der Waals surface area contributed by atoms with E-state index in [0.29, 0.717) is 24.1 Å². The van der Waals surface area contributed by atoms with Crippen LogP contribution < -0.4 is 10.6 Å². The van der Waals surface area contributed by atoms with Crippen LogP contribution >= 0.6 is 0 Å². The van der Waals surface area contributed by atoms with Crippen molar-refractivity contribution in [2.75, 3.05) is 5.32 Å². The zero-order valence-electron chi connectivity index (χ0n) is 17.4. The molecule has 0 aliphatic carbocycles. The maximum atomic E-state index is 14.2. The Kier molecular flexibility index (Phi) is 4.48. The normalized spacial score (nSPS) is 30.0. The highest BCUT2D eigenvalue weighted by Gasteiger charge is 2.70. The van der Waals surface area contributed by atoms with Crippen LogP contribution in [0.3, 0.4) is 0 Å². The third-order valence-electron chi connectivity index (χ3n) is 7.04. The van der Waals surface area contributed by atoms with Gasteiger partial charge in [0.05, 0.1) is 11.8 Å². The first-order valence-electron chi connectivity index (χ1n) is 10.7. The molecular weight excluding hydrogens is 397 g/mol. The van der Waals surface area contributed by atoms with Crippen molar-refractivity contribution in [2.24, 2.45) is 11.8 Å². The van der Waals surface area contributed by atoms with Crippen molar-refractivity contribution in [3.05, 3.63) is 65.5 Å². The van der Waals surface area contributed by atoms with Gasteiger partial charge in [0.15, 0.2) is 0 Å². The number of likely N-dealkylation sites (tertiary alicyclic amines) is 1. The average molecular weight is 421 g/mol. The van der Waals surface area contributed by atoms with Crippen LogP contribution in [-0.4, -0.2) is 34.7 Å². The fourth-order valence-electron chi connectivity index (χ4n) is 5.46. The summed E-state index contributed by atoms with van der Waals surface area (Å²) in [6.07, 6.45) is 1.10. The highest BCUT2D eigenvalue weighted by molar-refractivity contribution is 6.15. The molecule has 2 saturated heterocycles. The summed E-state index contributed by atoms with van der Waals surface area (Å²) in [5, 5.41) is 6.14. The van der Waals surface area contributed by atoms with E-state index >= 15 is 0 Å². The minimum absolute atomic E-state index is 0.257. The molecule has 3 aliphatic heterocycles. The summed E-state index contributed by atoms with van der Waals surface area (Å²) in [6.45, 7) is 3.76. The van der Waals surface area contributed by atoms with Gasteiger partial charge in [-0.05, 0) is 43.5 Å². The SMILES string of the molecule is CC[C@@H](C)N1C(=O)[C@H]2[C@@H](C1=O)[C@@]1(N[C@@H]2Cc2ccccc2)C(=O)Nc2ccc(F)cc21. The van der Waals surface area contributed by atoms with Crippen LogP contribution in [-0.2, 0) is 26.3 Å². The topological polar surface area (TPSA) is 78.5 Å². The van der Waals surface area contributed by atoms with Crippen molar-refractivity contribution >= 4 is 23.4 Å². The molecule has 3 amide bonds. The number of nitrogens with zero attached hydrogens (tertiary/aromatic N) is 1. The van der Waals surface area contributed by atoms with E-state index in [-0.39, 0.29) is 17.9 Å². The average Bonchev–Trinajstić information content (AvgIpc) is 3.33.